The molecular formula is C20H22BrNO3. The number of nitrogens with zero attached hydrogens (tertiary/aromatic N) is 1. The van der Waals surface area contributed by atoms with Gasteiger partial charge in [0.25, 0.3) is 5.91 Å². The van der Waals surface area contributed by atoms with Crippen LogP contribution in [0.3, 0.4) is 0 Å². The summed E-state index contributed by atoms with van der Waals surface area (Å²) >= 11 is 3.43. The first-order valence-electron chi connectivity index (χ1n) is 8.52. The molecule has 0 aromatic heterocycles. The van der Waals surface area contributed by atoms with E-state index in [4.69, 9.17) is 9.47 Å². The Morgan fingerprint density at radius 3 is 2.60 bits per heavy atom. The lowest BCUT2D eigenvalue weighted by Crippen LogP contribution is -2.44. The van der Waals surface area contributed by atoms with Gasteiger partial charge in [0, 0.05) is 11.0 Å². The third-order valence-electron chi connectivity index (χ3n) is 4.35. The number of rotatable bonds is 5. The molecule has 4 nitrogen and oxygen atoms in total. The number of halogens is 1. The van der Waals surface area contributed by atoms with Gasteiger partial charge in [-0.25, -0.2) is 0 Å². The van der Waals surface area contributed by atoms with Crippen molar-refractivity contribution in [3.8, 4) is 5.75 Å². The monoisotopic (exact) mass is 403 g/mol. The standard InChI is InChI=1S/C20H22BrNO3/c1-2-15-3-9-18(10-4-15)25-14-20(23)22-11-12-24-19(13-22)16-5-7-17(21)8-6-16/h3-10,19H,2,11-14H2,1H3. The molecule has 1 aliphatic heterocycles. The lowest BCUT2D eigenvalue weighted by molar-refractivity contribution is -0.141. The first kappa shape index (κ1) is 18.0. The SMILES string of the molecule is CCc1ccc(OCC(=O)N2CCOC(c3ccc(Br)cc3)C2)cc1. The van der Waals surface area contributed by atoms with Crippen LogP contribution in [-0.2, 0) is 16.0 Å². The minimum Gasteiger partial charge on any atom is -0.484 e. The Labute approximate surface area is 156 Å². The molecule has 2 aromatic carbocycles. The second-order valence-corrected chi connectivity index (χ2v) is 6.95. The molecule has 0 N–H and O–H groups in total. The summed E-state index contributed by atoms with van der Waals surface area (Å²) in [4.78, 5) is 14.3. The minimum atomic E-state index is -0.0883. The molecule has 132 valence electrons. The second kappa shape index (κ2) is 8.50. The molecule has 5 heteroatoms. The number of ether oxygens (including phenoxy) is 2. The van der Waals surface area contributed by atoms with Gasteiger partial charge in [0.05, 0.1) is 13.2 Å². The van der Waals surface area contributed by atoms with Gasteiger partial charge in [-0.1, -0.05) is 47.1 Å². The van der Waals surface area contributed by atoms with Crippen LogP contribution >= 0.6 is 15.9 Å². The van der Waals surface area contributed by atoms with Crippen molar-refractivity contribution in [2.45, 2.75) is 19.4 Å². The molecule has 1 atom stereocenters. The molecule has 1 aliphatic rings. The average Bonchev–Trinajstić information content (AvgIpc) is 2.67. The number of benzene rings is 2. The Morgan fingerprint density at radius 1 is 1.20 bits per heavy atom. The van der Waals surface area contributed by atoms with Crippen molar-refractivity contribution in [3.05, 3.63) is 64.1 Å². The van der Waals surface area contributed by atoms with Gasteiger partial charge in [0.15, 0.2) is 6.61 Å². The van der Waals surface area contributed by atoms with Crippen LogP contribution in [0, 0.1) is 0 Å². The molecule has 0 saturated carbocycles. The van der Waals surface area contributed by atoms with E-state index in [2.05, 4.69) is 22.9 Å². The maximum Gasteiger partial charge on any atom is 0.260 e. The largest absolute Gasteiger partial charge is 0.484 e. The molecule has 1 heterocycles. The summed E-state index contributed by atoms with van der Waals surface area (Å²) in [5, 5.41) is 0. The fourth-order valence-corrected chi connectivity index (χ4v) is 3.08. The van der Waals surface area contributed by atoms with Gasteiger partial charge in [0.2, 0.25) is 0 Å². The Bertz CT molecular complexity index is 700. The number of carbonyl (C=O) groups is 1. The Balaban J connectivity index is 1.55. The van der Waals surface area contributed by atoms with E-state index in [0.29, 0.717) is 19.7 Å². The number of hydrogen-bond donors (Lipinski definition) is 0. The van der Waals surface area contributed by atoms with Gasteiger partial charge >= 0.3 is 0 Å². The van der Waals surface area contributed by atoms with Gasteiger partial charge < -0.3 is 14.4 Å². The van der Waals surface area contributed by atoms with E-state index in [-0.39, 0.29) is 18.6 Å². The fourth-order valence-electron chi connectivity index (χ4n) is 2.81. The highest BCUT2D eigenvalue weighted by Gasteiger charge is 2.25. The average molecular weight is 404 g/mol. The van der Waals surface area contributed by atoms with Crippen LogP contribution in [-0.4, -0.2) is 37.1 Å². The first-order valence-corrected chi connectivity index (χ1v) is 9.31. The Morgan fingerprint density at radius 2 is 1.92 bits per heavy atom. The summed E-state index contributed by atoms with van der Waals surface area (Å²) in [6.07, 6.45) is 0.902. The van der Waals surface area contributed by atoms with Crippen molar-refractivity contribution in [1.29, 1.82) is 0 Å². The lowest BCUT2D eigenvalue weighted by atomic mass is 10.1. The highest BCUT2D eigenvalue weighted by atomic mass is 79.9. The normalized spacial score (nSPS) is 17.4. The Hall–Kier alpha value is -1.85. The molecule has 0 aliphatic carbocycles. The zero-order valence-corrected chi connectivity index (χ0v) is 15.9. The van der Waals surface area contributed by atoms with E-state index >= 15 is 0 Å². The molecule has 3 rings (SSSR count). The summed E-state index contributed by atoms with van der Waals surface area (Å²) in [7, 11) is 0. The van der Waals surface area contributed by atoms with Crippen LogP contribution < -0.4 is 4.74 Å². The van der Waals surface area contributed by atoms with Crippen LogP contribution in [0.2, 0.25) is 0 Å². The summed E-state index contributed by atoms with van der Waals surface area (Å²) in [6, 6.07) is 15.9. The van der Waals surface area contributed by atoms with Crippen molar-refractivity contribution in [2.24, 2.45) is 0 Å². The number of hydrogen-bond acceptors (Lipinski definition) is 3. The van der Waals surface area contributed by atoms with Gasteiger partial charge in [-0.05, 0) is 41.8 Å². The molecule has 1 amide bonds. The summed E-state index contributed by atoms with van der Waals surface area (Å²) in [6.45, 7) is 3.86. The maximum atomic E-state index is 12.5. The van der Waals surface area contributed by atoms with Gasteiger partial charge in [-0.15, -0.1) is 0 Å². The van der Waals surface area contributed by atoms with Crippen LogP contribution in [0.4, 0.5) is 0 Å². The quantitative estimate of drug-likeness (QED) is 0.757. The Kier molecular flexibility index (Phi) is 6.10. The van der Waals surface area contributed by atoms with Crippen LogP contribution in [0.5, 0.6) is 5.75 Å². The van der Waals surface area contributed by atoms with Gasteiger partial charge in [-0.2, -0.15) is 0 Å². The van der Waals surface area contributed by atoms with Crippen molar-refractivity contribution in [1.82, 2.24) is 4.90 Å². The minimum absolute atomic E-state index is 0.00928. The predicted molar refractivity (Wildman–Crippen MR) is 101 cm³/mol. The first-order chi connectivity index (χ1) is 12.2. The zero-order valence-electron chi connectivity index (χ0n) is 14.3. The fraction of sp³-hybridized carbons (Fsp3) is 0.350. The van der Waals surface area contributed by atoms with Crippen LogP contribution in [0.1, 0.15) is 24.2 Å². The number of aryl methyl sites for hydroxylation is 1. The third kappa shape index (κ3) is 4.83. The van der Waals surface area contributed by atoms with E-state index in [1.807, 2.05) is 53.4 Å². The summed E-state index contributed by atoms with van der Waals surface area (Å²) in [5.41, 5.74) is 2.33. The number of morpholine rings is 1. The number of amides is 1. The zero-order chi connectivity index (χ0) is 17.6. The van der Waals surface area contributed by atoms with E-state index < -0.39 is 0 Å². The third-order valence-corrected chi connectivity index (χ3v) is 4.88. The van der Waals surface area contributed by atoms with Crippen LogP contribution in [0.25, 0.3) is 0 Å². The molecule has 0 spiro atoms. The highest BCUT2D eigenvalue weighted by molar-refractivity contribution is 9.10. The molecule has 25 heavy (non-hydrogen) atoms. The molecule has 0 radical (unpaired) electrons. The number of carbonyl (C=O) groups excluding carboxylic acids is 1. The van der Waals surface area contributed by atoms with Crippen molar-refractivity contribution in [2.75, 3.05) is 26.3 Å². The van der Waals surface area contributed by atoms with E-state index in [1.165, 1.54) is 5.56 Å². The summed E-state index contributed by atoms with van der Waals surface area (Å²) < 4.78 is 12.5. The van der Waals surface area contributed by atoms with E-state index in [9.17, 15) is 4.79 Å². The van der Waals surface area contributed by atoms with Crippen molar-refractivity contribution >= 4 is 21.8 Å². The molecule has 1 fully saturated rings. The highest BCUT2D eigenvalue weighted by Crippen LogP contribution is 2.24. The molecule has 1 unspecified atom stereocenters. The van der Waals surface area contributed by atoms with Crippen LogP contribution in [0.15, 0.2) is 53.0 Å². The topological polar surface area (TPSA) is 38.8 Å². The molecule has 2 aromatic rings. The van der Waals surface area contributed by atoms with Crippen molar-refractivity contribution in [3.63, 3.8) is 0 Å². The smallest absolute Gasteiger partial charge is 0.260 e. The van der Waals surface area contributed by atoms with Gasteiger partial charge in [-0.3, -0.25) is 4.79 Å². The van der Waals surface area contributed by atoms with E-state index in [1.54, 1.807) is 0 Å². The molecule has 0 bridgehead atoms. The lowest BCUT2D eigenvalue weighted by Gasteiger charge is -2.33. The van der Waals surface area contributed by atoms with Gasteiger partial charge in [0.1, 0.15) is 11.9 Å². The predicted octanol–water partition coefficient (Wildman–Crippen LogP) is 3.99. The van der Waals surface area contributed by atoms with E-state index in [0.717, 1.165) is 22.2 Å². The second-order valence-electron chi connectivity index (χ2n) is 6.04. The summed E-state index contributed by atoms with van der Waals surface area (Å²) in [5.74, 6) is 0.716. The maximum absolute atomic E-state index is 12.5. The molecular weight excluding hydrogens is 382 g/mol. The molecule has 1 saturated heterocycles. The van der Waals surface area contributed by atoms with Crippen molar-refractivity contribution < 1.29 is 14.3 Å².